The van der Waals surface area contributed by atoms with Crippen LogP contribution < -0.4 is 10.1 Å². The summed E-state index contributed by atoms with van der Waals surface area (Å²) >= 11 is 0. The molecule has 0 aliphatic rings. The Bertz CT molecular complexity index is 618. The molecule has 0 aliphatic heterocycles. The topological polar surface area (TPSA) is 71.7 Å². The molecule has 1 aromatic carbocycles. The molecule has 0 aliphatic carbocycles. The first-order valence-electron chi connectivity index (χ1n) is 6.79. The van der Waals surface area contributed by atoms with Gasteiger partial charge in [0, 0.05) is 12.1 Å². The van der Waals surface area contributed by atoms with E-state index in [0.29, 0.717) is 31.0 Å². The molecule has 1 heterocycles. The monoisotopic (exact) mass is 289 g/mol. The van der Waals surface area contributed by atoms with E-state index in [1.807, 2.05) is 31.2 Å². The lowest BCUT2D eigenvalue weighted by Crippen LogP contribution is -2.20. The number of carboxylic acids is 1. The van der Waals surface area contributed by atoms with Crippen LogP contribution in [0.4, 0.5) is 0 Å². The van der Waals surface area contributed by atoms with E-state index in [0.717, 1.165) is 11.3 Å². The maximum absolute atomic E-state index is 10.9. The van der Waals surface area contributed by atoms with Crippen LogP contribution in [0.3, 0.4) is 0 Å². The number of hydrogen-bond donors (Lipinski definition) is 2. The molecule has 0 amide bonds. The van der Waals surface area contributed by atoms with Crippen molar-refractivity contribution in [2.24, 2.45) is 0 Å². The summed E-state index contributed by atoms with van der Waals surface area (Å²) < 4.78 is 10.9. The normalized spacial score (nSPS) is 10.6. The van der Waals surface area contributed by atoms with Gasteiger partial charge in [0.15, 0.2) is 0 Å². The maximum atomic E-state index is 10.9. The average molecular weight is 289 g/mol. The Hall–Kier alpha value is -2.27. The van der Waals surface area contributed by atoms with Crippen molar-refractivity contribution in [3.63, 3.8) is 0 Å². The first-order valence-corrected chi connectivity index (χ1v) is 6.79. The predicted molar refractivity (Wildman–Crippen MR) is 78.8 cm³/mol. The Morgan fingerprint density at radius 2 is 2.14 bits per heavy atom. The van der Waals surface area contributed by atoms with Crippen LogP contribution in [0.15, 0.2) is 34.7 Å². The molecule has 0 fully saturated rings. The van der Waals surface area contributed by atoms with Gasteiger partial charge in [-0.2, -0.15) is 0 Å². The van der Waals surface area contributed by atoms with Gasteiger partial charge in [0.2, 0.25) is 5.76 Å². The van der Waals surface area contributed by atoms with Gasteiger partial charge in [-0.1, -0.05) is 12.1 Å². The molecule has 2 aromatic rings. The van der Waals surface area contributed by atoms with E-state index in [1.54, 1.807) is 13.0 Å². The fourth-order valence-electron chi connectivity index (χ4n) is 2.01. The van der Waals surface area contributed by atoms with E-state index in [-0.39, 0.29) is 5.76 Å². The van der Waals surface area contributed by atoms with Gasteiger partial charge >= 0.3 is 5.97 Å². The van der Waals surface area contributed by atoms with Crippen LogP contribution >= 0.6 is 0 Å². The molecule has 0 radical (unpaired) electrons. The smallest absolute Gasteiger partial charge is 0.372 e. The summed E-state index contributed by atoms with van der Waals surface area (Å²) in [5.74, 6) is 0.420. The lowest BCUT2D eigenvalue weighted by Gasteiger charge is -2.07. The van der Waals surface area contributed by atoms with Crippen LogP contribution in [-0.2, 0) is 6.54 Å². The lowest BCUT2D eigenvalue weighted by atomic mass is 10.2. The van der Waals surface area contributed by atoms with Crippen molar-refractivity contribution >= 4 is 5.97 Å². The second-order valence-electron chi connectivity index (χ2n) is 4.87. The van der Waals surface area contributed by atoms with Gasteiger partial charge in [0.05, 0.1) is 6.54 Å². The largest absolute Gasteiger partial charge is 0.492 e. The Kier molecular flexibility index (Phi) is 5.00. The van der Waals surface area contributed by atoms with Crippen molar-refractivity contribution in [2.75, 3.05) is 13.2 Å². The predicted octanol–water partition coefficient (Wildman–Crippen LogP) is 2.76. The van der Waals surface area contributed by atoms with Gasteiger partial charge < -0.3 is 19.6 Å². The first-order chi connectivity index (χ1) is 10.1. The number of carboxylic acid groups (broad SMARTS) is 1. The third-order valence-electron chi connectivity index (χ3n) is 3.00. The minimum Gasteiger partial charge on any atom is -0.492 e. The standard InChI is InChI=1S/C16H19NO4/c1-11-4-3-5-13(8-11)20-7-6-17-10-14-9-12(2)15(21-14)16(18)19/h3-5,8-9,17H,6-7,10H2,1-2H3,(H,18,19). The minimum atomic E-state index is -1.04. The molecule has 21 heavy (non-hydrogen) atoms. The Morgan fingerprint density at radius 3 is 2.81 bits per heavy atom. The van der Waals surface area contributed by atoms with Crippen LogP contribution in [0.2, 0.25) is 0 Å². The van der Waals surface area contributed by atoms with Crippen LogP contribution in [0.1, 0.15) is 27.4 Å². The van der Waals surface area contributed by atoms with Crippen molar-refractivity contribution in [1.82, 2.24) is 5.32 Å². The van der Waals surface area contributed by atoms with E-state index >= 15 is 0 Å². The van der Waals surface area contributed by atoms with Gasteiger partial charge in [0.1, 0.15) is 18.1 Å². The second kappa shape index (κ2) is 6.95. The summed E-state index contributed by atoms with van der Waals surface area (Å²) in [7, 11) is 0. The van der Waals surface area contributed by atoms with E-state index in [2.05, 4.69) is 5.32 Å². The molecule has 112 valence electrons. The number of furan rings is 1. The zero-order chi connectivity index (χ0) is 15.2. The third kappa shape index (κ3) is 4.36. The molecule has 2 rings (SSSR count). The molecule has 5 heteroatoms. The fraction of sp³-hybridized carbons (Fsp3) is 0.312. The number of benzene rings is 1. The highest BCUT2D eigenvalue weighted by molar-refractivity contribution is 5.86. The molecular weight excluding hydrogens is 270 g/mol. The summed E-state index contributed by atoms with van der Waals surface area (Å²) in [6.45, 7) is 5.40. The van der Waals surface area contributed by atoms with Gasteiger partial charge in [0.25, 0.3) is 0 Å². The summed E-state index contributed by atoms with van der Waals surface area (Å²) in [6, 6.07) is 9.61. The average Bonchev–Trinajstić information content (AvgIpc) is 2.80. The molecule has 0 saturated carbocycles. The van der Waals surface area contributed by atoms with E-state index in [9.17, 15) is 4.79 Å². The fourth-order valence-corrected chi connectivity index (χ4v) is 2.01. The molecule has 0 atom stereocenters. The van der Waals surface area contributed by atoms with Crippen LogP contribution in [0.25, 0.3) is 0 Å². The highest BCUT2D eigenvalue weighted by Crippen LogP contribution is 2.14. The number of aromatic carboxylic acids is 1. The molecule has 2 N–H and O–H groups in total. The molecule has 5 nitrogen and oxygen atoms in total. The van der Waals surface area contributed by atoms with Crippen molar-refractivity contribution in [2.45, 2.75) is 20.4 Å². The van der Waals surface area contributed by atoms with E-state index < -0.39 is 5.97 Å². The first kappa shape index (κ1) is 15.1. The summed E-state index contributed by atoms with van der Waals surface area (Å²) in [4.78, 5) is 10.9. The molecule has 0 spiro atoms. The molecular formula is C16H19NO4. The van der Waals surface area contributed by atoms with Gasteiger partial charge in [-0.05, 0) is 37.6 Å². The van der Waals surface area contributed by atoms with Gasteiger partial charge in [-0.15, -0.1) is 0 Å². The SMILES string of the molecule is Cc1cccc(OCCNCc2cc(C)c(C(=O)O)o2)c1. The number of hydrogen-bond acceptors (Lipinski definition) is 4. The molecule has 0 bridgehead atoms. The number of nitrogens with one attached hydrogen (secondary N) is 1. The van der Waals surface area contributed by atoms with E-state index in [1.165, 1.54) is 0 Å². The molecule has 1 aromatic heterocycles. The van der Waals surface area contributed by atoms with E-state index in [4.69, 9.17) is 14.3 Å². The number of ether oxygens (including phenoxy) is 1. The van der Waals surface area contributed by atoms with Crippen LogP contribution in [0, 0.1) is 13.8 Å². The van der Waals surface area contributed by atoms with Crippen molar-refractivity contribution in [3.05, 3.63) is 53.0 Å². The van der Waals surface area contributed by atoms with Crippen LogP contribution in [-0.4, -0.2) is 24.2 Å². The minimum absolute atomic E-state index is 0.00260. The zero-order valence-electron chi connectivity index (χ0n) is 12.2. The number of rotatable bonds is 7. The highest BCUT2D eigenvalue weighted by Gasteiger charge is 2.13. The maximum Gasteiger partial charge on any atom is 0.372 e. The molecule has 0 saturated heterocycles. The highest BCUT2D eigenvalue weighted by atomic mass is 16.5. The summed E-state index contributed by atoms with van der Waals surface area (Å²) in [5.41, 5.74) is 1.79. The molecule has 0 unspecified atom stereocenters. The van der Waals surface area contributed by atoms with Crippen molar-refractivity contribution in [3.8, 4) is 5.75 Å². The van der Waals surface area contributed by atoms with Crippen LogP contribution in [0.5, 0.6) is 5.75 Å². The zero-order valence-corrected chi connectivity index (χ0v) is 12.2. The third-order valence-corrected chi connectivity index (χ3v) is 3.00. The summed E-state index contributed by atoms with van der Waals surface area (Å²) in [6.07, 6.45) is 0. The Morgan fingerprint density at radius 1 is 1.33 bits per heavy atom. The quantitative estimate of drug-likeness (QED) is 0.767. The van der Waals surface area contributed by atoms with Crippen molar-refractivity contribution < 1.29 is 19.1 Å². The number of aryl methyl sites for hydroxylation is 2. The number of carbonyl (C=O) groups is 1. The summed E-state index contributed by atoms with van der Waals surface area (Å²) in [5, 5.41) is 12.1. The Balaban J connectivity index is 1.72. The Labute approximate surface area is 123 Å². The lowest BCUT2D eigenvalue weighted by molar-refractivity contribution is 0.0659. The second-order valence-corrected chi connectivity index (χ2v) is 4.87. The van der Waals surface area contributed by atoms with Crippen molar-refractivity contribution in [1.29, 1.82) is 0 Å². The van der Waals surface area contributed by atoms with Gasteiger partial charge in [-0.25, -0.2) is 4.79 Å². The van der Waals surface area contributed by atoms with Gasteiger partial charge in [-0.3, -0.25) is 0 Å².